The SMILES string of the molecule is Cc1ccc(C(=O)NC2CC2)cc1-n1cnc2ccc(OCCCN3CCSCC3)cc2c1=O. The van der Waals surface area contributed by atoms with Crippen LogP contribution in [0.2, 0.25) is 0 Å². The van der Waals surface area contributed by atoms with Gasteiger partial charge in [0.15, 0.2) is 0 Å². The van der Waals surface area contributed by atoms with E-state index in [1.165, 1.54) is 22.4 Å². The predicted molar refractivity (Wildman–Crippen MR) is 136 cm³/mol. The highest BCUT2D eigenvalue weighted by molar-refractivity contribution is 7.99. The van der Waals surface area contributed by atoms with Gasteiger partial charge in [-0.15, -0.1) is 0 Å². The van der Waals surface area contributed by atoms with E-state index in [1.807, 2.05) is 36.9 Å². The number of nitrogens with one attached hydrogen (secondary N) is 1. The number of fused-ring (bicyclic) bond motifs is 1. The number of amides is 1. The minimum atomic E-state index is -0.177. The van der Waals surface area contributed by atoms with Crippen LogP contribution in [-0.2, 0) is 0 Å². The molecule has 8 heteroatoms. The molecule has 1 amide bonds. The Balaban J connectivity index is 1.34. The van der Waals surface area contributed by atoms with Crippen molar-refractivity contribution in [1.29, 1.82) is 0 Å². The van der Waals surface area contributed by atoms with Crippen LogP contribution in [0, 0.1) is 6.92 Å². The number of hydrogen-bond donors (Lipinski definition) is 1. The zero-order valence-electron chi connectivity index (χ0n) is 19.5. The van der Waals surface area contributed by atoms with Crippen LogP contribution in [0.25, 0.3) is 16.6 Å². The lowest BCUT2D eigenvalue weighted by molar-refractivity contribution is 0.0951. The summed E-state index contributed by atoms with van der Waals surface area (Å²) in [5.74, 6) is 2.98. The van der Waals surface area contributed by atoms with Gasteiger partial charge in [0.2, 0.25) is 0 Å². The van der Waals surface area contributed by atoms with Crippen molar-refractivity contribution in [2.75, 3.05) is 37.7 Å². The van der Waals surface area contributed by atoms with E-state index in [1.54, 1.807) is 18.2 Å². The second-order valence-electron chi connectivity index (χ2n) is 9.00. The summed E-state index contributed by atoms with van der Waals surface area (Å²) in [5.41, 5.74) is 2.55. The molecule has 1 N–H and O–H groups in total. The predicted octanol–water partition coefficient (Wildman–Crippen LogP) is 3.40. The molecular weight excluding hydrogens is 448 g/mol. The van der Waals surface area contributed by atoms with Crippen molar-refractivity contribution in [2.24, 2.45) is 0 Å². The lowest BCUT2D eigenvalue weighted by Crippen LogP contribution is -2.33. The zero-order chi connectivity index (χ0) is 23.5. The van der Waals surface area contributed by atoms with Crippen molar-refractivity contribution in [3.05, 3.63) is 64.2 Å². The van der Waals surface area contributed by atoms with Crippen molar-refractivity contribution in [3.63, 3.8) is 0 Å². The van der Waals surface area contributed by atoms with Crippen molar-refractivity contribution in [3.8, 4) is 11.4 Å². The second kappa shape index (κ2) is 10.2. The van der Waals surface area contributed by atoms with Gasteiger partial charge in [-0.2, -0.15) is 11.8 Å². The Morgan fingerprint density at radius 1 is 1.18 bits per heavy atom. The second-order valence-corrected chi connectivity index (χ2v) is 10.2. The molecular formula is C26H30N4O3S. The highest BCUT2D eigenvalue weighted by Crippen LogP contribution is 2.22. The van der Waals surface area contributed by atoms with E-state index in [9.17, 15) is 9.59 Å². The van der Waals surface area contributed by atoms with Gasteiger partial charge in [0.1, 0.15) is 12.1 Å². The Morgan fingerprint density at radius 2 is 2.00 bits per heavy atom. The van der Waals surface area contributed by atoms with Crippen molar-refractivity contribution >= 4 is 28.6 Å². The van der Waals surface area contributed by atoms with Gasteiger partial charge in [-0.3, -0.25) is 14.2 Å². The number of thioether (sulfide) groups is 1. The highest BCUT2D eigenvalue weighted by atomic mass is 32.2. The largest absolute Gasteiger partial charge is 0.494 e. The first kappa shape index (κ1) is 22.9. The van der Waals surface area contributed by atoms with Gasteiger partial charge in [-0.1, -0.05) is 6.07 Å². The maximum atomic E-state index is 13.4. The summed E-state index contributed by atoms with van der Waals surface area (Å²) in [7, 11) is 0. The van der Waals surface area contributed by atoms with Crippen LogP contribution < -0.4 is 15.6 Å². The Labute approximate surface area is 203 Å². The van der Waals surface area contributed by atoms with Crippen LogP contribution in [0.4, 0.5) is 0 Å². The van der Waals surface area contributed by atoms with Gasteiger partial charge in [-0.05, 0) is 62.1 Å². The Kier molecular flexibility index (Phi) is 6.87. The summed E-state index contributed by atoms with van der Waals surface area (Å²) in [6.07, 6.45) is 4.54. The molecule has 0 atom stereocenters. The minimum Gasteiger partial charge on any atom is -0.494 e. The number of aryl methyl sites for hydroxylation is 1. The molecule has 0 bridgehead atoms. The van der Waals surface area contributed by atoms with Crippen molar-refractivity contribution < 1.29 is 9.53 Å². The number of hydrogen-bond acceptors (Lipinski definition) is 6. The minimum absolute atomic E-state index is 0.107. The molecule has 1 aliphatic carbocycles. The van der Waals surface area contributed by atoms with Crippen LogP contribution >= 0.6 is 11.8 Å². The van der Waals surface area contributed by atoms with E-state index < -0.39 is 0 Å². The lowest BCUT2D eigenvalue weighted by atomic mass is 10.1. The smallest absolute Gasteiger partial charge is 0.265 e. The van der Waals surface area contributed by atoms with Gasteiger partial charge in [-0.25, -0.2) is 4.98 Å². The average molecular weight is 479 g/mol. The summed E-state index contributed by atoms with van der Waals surface area (Å²) >= 11 is 2.01. The summed E-state index contributed by atoms with van der Waals surface area (Å²) < 4.78 is 7.48. The molecule has 1 aromatic heterocycles. The Bertz CT molecular complexity index is 1250. The first-order chi connectivity index (χ1) is 16.6. The molecule has 2 fully saturated rings. The molecule has 0 radical (unpaired) electrons. The summed E-state index contributed by atoms with van der Waals surface area (Å²) in [6.45, 7) is 5.87. The van der Waals surface area contributed by atoms with Crippen LogP contribution in [0.5, 0.6) is 5.75 Å². The van der Waals surface area contributed by atoms with Gasteiger partial charge in [0.25, 0.3) is 11.5 Å². The van der Waals surface area contributed by atoms with Gasteiger partial charge >= 0.3 is 0 Å². The number of ether oxygens (including phenoxy) is 1. The number of aromatic nitrogens is 2. The molecule has 2 aliphatic rings. The Hall–Kier alpha value is -2.84. The van der Waals surface area contributed by atoms with E-state index >= 15 is 0 Å². The van der Waals surface area contributed by atoms with E-state index in [0.717, 1.165) is 44.5 Å². The standard InChI is InChI=1S/C26H30N4O3S/c1-18-3-4-19(25(31)28-20-5-6-20)15-24(18)30-17-27-23-8-7-21(16-22(23)26(30)32)33-12-2-9-29-10-13-34-14-11-29/h3-4,7-8,15-17,20H,2,5-6,9-14H2,1H3,(H,28,31). The van der Waals surface area contributed by atoms with Crippen molar-refractivity contribution in [1.82, 2.24) is 19.8 Å². The number of carbonyl (C=O) groups is 1. The van der Waals surface area contributed by atoms with Gasteiger partial charge in [0, 0.05) is 42.7 Å². The fourth-order valence-corrected chi connectivity index (χ4v) is 5.15. The summed E-state index contributed by atoms with van der Waals surface area (Å²) in [4.78, 5) is 32.9. The number of carbonyl (C=O) groups excluding carboxylic acids is 1. The number of rotatable bonds is 8. The first-order valence-corrected chi connectivity index (χ1v) is 13.1. The molecule has 7 nitrogen and oxygen atoms in total. The normalized spacial score (nSPS) is 16.5. The lowest BCUT2D eigenvalue weighted by Gasteiger charge is -2.25. The monoisotopic (exact) mass is 478 g/mol. The molecule has 0 unspecified atom stereocenters. The summed E-state index contributed by atoms with van der Waals surface area (Å²) in [5, 5.41) is 3.50. The maximum absolute atomic E-state index is 13.4. The van der Waals surface area contributed by atoms with E-state index in [0.29, 0.717) is 34.5 Å². The van der Waals surface area contributed by atoms with Crippen LogP contribution in [0.3, 0.4) is 0 Å². The third-order valence-corrected chi connectivity index (χ3v) is 7.31. The Morgan fingerprint density at radius 3 is 2.79 bits per heavy atom. The van der Waals surface area contributed by atoms with E-state index in [-0.39, 0.29) is 17.5 Å². The molecule has 2 heterocycles. The van der Waals surface area contributed by atoms with Crippen LogP contribution in [0.1, 0.15) is 35.2 Å². The molecule has 34 heavy (non-hydrogen) atoms. The molecule has 2 aromatic carbocycles. The third-order valence-electron chi connectivity index (χ3n) is 6.36. The van der Waals surface area contributed by atoms with Crippen LogP contribution in [-0.4, -0.2) is 64.1 Å². The molecule has 1 saturated heterocycles. The topological polar surface area (TPSA) is 76.5 Å². The summed E-state index contributed by atoms with van der Waals surface area (Å²) in [6, 6.07) is 11.2. The molecule has 1 aliphatic heterocycles. The molecule has 3 aromatic rings. The maximum Gasteiger partial charge on any atom is 0.265 e. The number of benzene rings is 2. The highest BCUT2D eigenvalue weighted by Gasteiger charge is 2.24. The molecule has 0 spiro atoms. The molecule has 178 valence electrons. The van der Waals surface area contributed by atoms with Gasteiger partial charge in [0.05, 0.1) is 23.2 Å². The van der Waals surface area contributed by atoms with Crippen molar-refractivity contribution in [2.45, 2.75) is 32.2 Å². The fourth-order valence-electron chi connectivity index (χ4n) is 4.17. The number of nitrogens with zero attached hydrogens (tertiary/aromatic N) is 3. The van der Waals surface area contributed by atoms with Crippen LogP contribution in [0.15, 0.2) is 47.5 Å². The van der Waals surface area contributed by atoms with E-state index in [2.05, 4.69) is 15.2 Å². The van der Waals surface area contributed by atoms with Gasteiger partial charge < -0.3 is 15.0 Å². The quantitative estimate of drug-likeness (QED) is 0.500. The first-order valence-electron chi connectivity index (χ1n) is 11.9. The average Bonchev–Trinajstić information content (AvgIpc) is 3.67. The fraction of sp³-hybridized carbons (Fsp3) is 0.423. The molecule has 1 saturated carbocycles. The molecule has 5 rings (SSSR count). The van der Waals surface area contributed by atoms with E-state index in [4.69, 9.17) is 4.74 Å². The zero-order valence-corrected chi connectivity index (χ0v) is 20.3. The third kappa shape index (κ3) is 5.28.